The third-order valence-corrected chi connectivity index (χ3v) is 22.0. The Morgan fingerprint density at radius 2 is 0.504 bits per heavy atom. The minimum absolute atomic E-state index is 0.845. The summed E-state index contributed by atoms with van der Waals surface area (Å²) in [6.45, 7) is -5.57. The SMILES string of the molecule is CC(=O)N[C@H]1[C@H](O[C@H]2[C@H](O)[C@@H](NC(C)=O)C(O)O[C@@H]2CO[C@@H]2O[C@@H](C)[C@@H](O)[C@@H](O)[C@@H]2O)O[C@H](CO)[C@@H](O[C@@H]2O[C@H](CO[C@H]3O[C@H](CO[C@H]4O[C@H](CO)[C@@H](O)[C@H](O)[C@@H]4O)[C@@H](O)[C@H](O[C@H]4O[C@H](CO)[C@@H](O)[C@H](O)[C@@H]4O)[C@@H]3O)[C@@H](O)[C@H](O[C@H]3O[C@H](CO)[C@@H](O)[C@H](O)[C@@H]3O[C@@H]3O[C@H](CO)[C@@H](O[C@@H]4O[C@H](CO)[C@H](O)[C@H](O)[C@H]4O)[C@H](O)[C@H]3NC(C)=O)[C@@H]2O)[C@@H]1O. The van der Waals surface area contributed by atoms with E-state index in [0.717, 1.165) is 20.8 Å². The molecule has 119 heavy (non-hydrogen) atoms. The summed E-state index contributed by atoms with van der Waals surface area (Å²) in [4.78, 5) is 38.7. The Balaban J connectivity index is 0.985. The lowest BCUT2D eigenvalue weighted by molar-refractivity contribution is -0.398. The number of rotatable bonds is 30. The number of aliphatic hydroxyl groups is 28. The van der Waals surface area contributed by atoms with Gasteiger partial charge in [-0.25, -0.2) is 0 Å². The molecule has 0 aromatic rings. The Bertz CT molecular complexity index is 3160. The van der Waals surface area contributed by atoms with Crippen molar-refractivity contribution in [1.29, 1.82) is 0 Å². The molecule has 0 aromatic carbocycles. The van der Waals surface area contributed by atoms with E-state index in [4.69, 9.17) is 90.0 Å². The molecule has 10 heterocycles. The fourth-order valence-corrected chi connectivity index (χ4v) is 15.3. The Morgan fingerprint density at radius 3 is 0.924 bits per heavy atom. The third-order valence-electron chi connectivity index (χ3n) is 22.0. The molecule has 0 aliphatic carbocycles. The smallest absolute Gasteiger partial charge is 0.217 e. The van der Waals surface area contributed by atoms with Crippen LogP contribution in [0, 0.1) is 0 Å². The van der Waals surface area contributed by atoms with Gasteiger partial charge in [-0.05, 0) is 6.92 Å². The van der Waals surface area contributed by atoms with Gasteiger partial charge < -0.3 is 249 Å². The van der Waals surface area contributed by atoms with Crippen molar-refractivity contribution in [3.05, 3.63) is 0 Å². The van der Waals surface area contributed by atoms with Crippen molar-refractivity contribution < 1.29 is 247 Å². The highest BCUT2D eigenvalue weighted by atomic mass is 16.8. The normalized spacial score (nSPS) is 50.7. The number of hydrogen-bond donors (Lipinski definition) is 31. The summed E-state index contributed by atoms with van der Waals surface area (Å²) in [7, 11) is 0. The number of aliphatic hydroxyl groups excluding tert-OH is 28. The van der Waals surface area contributed by atoms with E-state index >= 15 is 0 Å². The zero-order chi connectivity index (χ0) is 87.5. The lowest BCUT2D eigenvalue weighted by atomic mass is 9.93. The van der Waals surface area contributed by atoms with Crippen molar-refractivity contribution in [2.24, 2.45) is 0 Å². The molecule has 0 aromatic heterocycles. The zero-order valence-electron chi connectivity index (χ0n) is 63.7. The highest BCUT2D eigenvalue weighted by Crippen LogP contribution is 2.40. The molecule has 31 N–H and O–H groups in total. The number of nitrogens with one attached hydrogen (secondary N) is 3. The van der Waals surface area contributed by atoms with E-state index in [1.54, 1.807) is 0 Å². The first-order chi connectivity index (χ1) is 56.2. The molecule has 10 rings (SSSR count). The maximum atomic E-state index is 13.2. The van der Waals surface area contributed by atoms with Gasteiger partial charge in [0.15, 0.2) is 62.9 Å². The topological polar surface area (TPSA) is 829 Å². The van der Waals surface area contributed by atoms with Gasteiger partial charge in [-0.2, -0.15) is 0 Å². The molecule has 0 bridgehead atoms. The molecule has 0 spiro atoms. The summed E-state index contributed by atoms with van der Waals surface area (Å²) in [6.07, 6.45) is -97.6. The Kier molecular flexibility index (Phi) is 34.8. The summed E-state index contributed by atoms with van der Waals surface area (Å²) < 4.78 is 112. The second kappa shape index (κ2) is 42.4. The van der Waals surface area contributed by atoms with E-state index in [-0.39, 0.29) is 0 Å². The van der Waals surface area contributed by atoms with Crippen LogP contribution in [0.15, 0.2) is 0 Å². The maximum Gasteiger partial charge on any atom is 0.217 e. The highest BCUT2D eigenvalue weighted by molar-refractivity contribution is 5.74. The lowest BCUT2D eigenvalue weighted by Crippen LogP contribution is -2.71. The molecule has 10 aliphatic heterocycles. The largest absolute Gasteiger partial charge is 0.394 e. The molecule has 3 amide bonds. The average molecular weight is 1750 g/mol. The molecule has 0 saturated carbocycles. The number of ether oxygens (including phenoxy) is 19. The van der Waals surface area contributed by atoms with Crippen molar-refractivity contribution in [3.8, 4) is 0 Å². The first kappa shape index (κ1) is 97.7. The van der Waals surface area contributed by atoms with E-state index < -0.39 is 384 Å². The molecule has 53 nitrogen and oxygen atoms in total. The second-order valence-electron chi connectivity index (χ2n) is 30.3. The predicted molar refractivity (Wildman–Crippen MR) is 363 cm³/mol. The minimum Gasteiger partial charge on any atom is -0.394 e. The summed E-state index contributed by atoms with van der Waals surface area (Å²) in [5.74, 6) is -2.81. The molecule has 690 valence electrons. The van der Waals surface area contributed by atoms with Gasteiger partial charge >= 0.3 is 0 Å². The van der Waals surface area contributed by atoms with Crippen molar-refractivity contribution in [2.75, 3.05) is 59.5 Å². The summed E-state index contributed by atoms with van der Waals surface area (Å²) in [5.41, 5.74) is 0. The maximum absolute atomic E-state index is 13.2. The van der Waals surface area contributed by atoms with Crippen LogP contribution in [0.5, 0.6) is 0 Å². The molecule has 53 heteroatoms. The molecular formula is C66H111N3O50. The number of hydrogen-bond acceptors (Lipinski definition) is 50. The van der Waals surface area contributed by atoms with E-state index in [9.17, 15) is 157 Å². The summed E-state index contributed by atoms with van der Waals surface area (Å²) in [6, 6.07) is -5.76. The number of carbonyl (C=O) groups is 3. The first-order valence-corrected chi connectivity index (χ1v) is 38.0. The fraction of sp³-hybridized carbons (Fsp3) is 0.955. The molecule has 0 radical (unpaired) electrons. The van der Waals surface area contributed by atoms with Crippen LogP contribution in [0.2, 0.25) is 0 Å². The summed E-state index contributed by atoms with van der Waals surface area (Å²) >= 11 is 0. The van der Waals surface area contributed by atoms with Crippen LogP contribution in [-0.4, -0.2) is 527 Å². The number of carbonyl (C=O) groups excluding carboxylic acids is 3. The lowest BCUT2D eigenvalue weighted by Gasteiger charge is -2.51. The van der Waals surface area contributed by atoms with Gasteiger partial charge in [0, 0.05) is 20.8 Å². The van der Waals surface area contributed by atoms with Gasteiger partial charge in [-0.3, -0.25) is 14.4 Å². The molecule has 10 aliphatic rings. The van der Waals surface area contributed by atoms with E-state index in [1.165, 1.54) is 6.92 Å². The second-order valence-corrected chi connectivity index (χ2v) is 30.3. The van der Waals surface area contributed by atoms with Crippen LogP contribution in [0.3, 0.4) is 0 Å². The highest BCUT2D eigenvalue weighted by Gasteiger charge is 2.61. The van der Waals surface area contributed by atoms with Crippen LogP contribution < -0.4 is 16.0 Å². The van der Waals surface area contributed by atoms with Gasteiger partial charge in [0.2, 0.25) is 17.7 Å². The van der Waals surface area contributed by atoms with Crippen molar-refractivity contribution in [2.45, 2.75) is 335 Å². The van der Waals surface area contributed by atoms with Crippen LogP contribution in [0.25, 0.3) is 0 Å². The van der Waals surface area contributed by atoms with E-state index in [1.807, 2.05) is 0 Å². The molecular weight excluding hydrogens is 1630 g/mol. The van der Waals surface area contributed by atoms with E-state index in [0.29, 0.717) is 0 Å². The molecule has 10 saturated heterocycles. The fourth-order valence-electron chi connectivity index (χ4n) is 15.3. The first-order valence-electron chi connectivity index (χ1n) is 38.0. The molecule has 1 unspecified atom stereocenters. The van der Waals surface area contributed by atoms with Crippen molar-refractivity contribution in [3.63, 3.8) is 0 Å². The van der Waals surface area contributed by atoms with Crippen LogP contribution in [0.4, 0.5) is 0 Å². The van der Waals surface area contributed by atoms with Crippen LogP contribution >= 0.6 is 0 Å². The quantitative estimate of drug-likeness (QED) is 0.0318. The van der Waals surface area contributed by atoms with Gasteiger partial charge in [0.05, 0.1) is 65.6 Å². The van der Waals surface area contributed by atoms with Crippen LogP contribution in [0.1, 0.15) is 27.7 Å². The number of amides is 3. The van der Waals surface area contributed by atoms with Crippen LogP contribution in [-0.2, 0) is 104 Å². The predicted octanol–water partition coefficient (Wildman–Crippen LogP) is -21.3. The van der Waals surface area contributed by atoms with Gasteiger partial charge in [0.25, 0.3) is 0 Å². The Morgan fingerprint density at radius 1 is 0.235 bits per heavy atom. The third kappa shape index (κ3) is 21.5. The Hall–Kier alpha value is -3.47. The van der Waals surface area contributed by atoms with Crippen molar-refractivity contribution >= 4 is 17.7 Å². The average Bonchev–Trinajstić information content (AvgIpc) is 0.740. The van der Waals surface area contributed by atoms with Crippen molar-refractivity contribution in [1.82, 2.24) is 16.0 Å². The zero-order valence-corrected chi connectivity index (χ0v) is 63.7. The van der Waals surface area contributed by atoms with Gasteiger partial charge in [-0.15, -0.1) is 0 Å². The van der Waals surface area contributed by atoms with Gasteiger partial charge in [-0.1, -0.05) is 0 Å². The van der Waals surface area contributed by atoms with Gasteiger partial charge in [0.1, 0.15) is 238 Å². The standard InChI is InChI=1S/C66H111N3O50/c1-14-30(79)40(89)45(94)60(104-14)103-13-26-53(37(86)27(57(100)105-26)67-15(2)76)114-58-28(68-16(3)77)38(87)52(23(10-75)110-58)116-65-50(99)55(118-66-56(44(93)34(83)21(8-73)109-66)119-59-29(69-17(4)78)39(88)51(22(9-74)111-59)115-63-47(96)42(91)32(81)19(6-71)107-63)36(85)25(113-65)12-102-62-49(98)54(117-64-48(97)43(92)33(82)20(7-72)108-64)35(84)24(112-62)11-101-61-46(95)41(90)31(80)18(5-70)106-61/h14,18-66,70-75,79-100H,5-13H2,1-4H3,(H,67,76)(H,68,77)(H,69,78)/t14-,18+,19+,20+,21+,22+,23+,24+,25+,26+,27+,28+,29+,30+,31+,32-,33+,34+,35+,36+,37+,38+,39+,40+,41-,42-,43-,44-,45-,46-,47+,48-,49-,50-,51+,52+,53+,54-,55-,56-,57?,58-,59-,60+,61-,62-,63-,64+,65-,66+/m0/s1. The minimum atomic E-state index is -2.63. The Labute approximate surface area is 673 Å². The summed E-state index contributed by atoms with van der Waals surface area (Å²) in [5, 5.41) is 318. The van der Waals surface area contributed by atoms with E-state index in [2.05, 4.69) is 16.0 Å². The monoisotopic (exact) mass is 1750 g/mol. The molecule has 10 fully saturated rings. The molecule has 50 atom stereocenters.